The van der Waals surface area contributed by atoms with E-state index < -0.39 is 0 Å². The van der Waals surface area contributed by atoms with Crippen molar-refractivity contribution in [2.24, 2.45) is 5.92 Å². The maximum absolute atomic E-state index is 4.75. The minimum atomic E-state index is 0.624. The second kappa shape index (κ2) is 6.73. The normalized spacial score (nSPS) is 15.9. The quantitative estimate of drug-likeness (QED) is 0.885. The number of piperidine rings is 1. The van der Waals surface area contributed by atoms with E-state index in [0.717, 1.165) is 43.5 Å². The zero-order valence-corrected chi connectivity index (χ0v) is 12.4. The molecule has 1 saturated heterocycles. The summed E-state index contributed by atoms with van der Waals surface area (Å²) in [4.78, 5) is 11.7. The molecule has 0 amide bonds. The maximum atomic E-state index is 4.75. The van der Waals surface area contributed by atoms with Gasteiger partial charge in [-0.2, -0.15) is 4.98 Å². The van der Waals surface area contributed by atoms with Gasteiger partial charge < -0.3 is 10.2 Å². The number of anilines is 2. The van der Waals surface area contributed by atoms with Crippen molar-refractivity contribution in [2.75, 3.05) is 29.9 Å². The van der Waals surface area contributed by atoms with Crippen LogP contribution in [0.5, 0.6) is 0 Å². The summed E-state index contributed by atoms with van der Waals surface area (Å²) in [6.07, 6.45) is 4.87. The monoisotopic (exact) mass is 262 g/mol. The van der Waals surface area contributed by atoms with Crippen molar-refractivity contribution in [1.29, 1.82) is 0 Å². The maximum Gasteiger partial charge on any atom is 0.227 e. The van der Waals surface area contributed by atoms with Gasteiger partial charge in [0.25, 0.3) is 0 Å². The average Bonchev–Trinajstić information content (AvgIpc) is 2.39. The molecule has 1 aliphatic heterocycles. The Morgan fingerprint density at radius 1 is 1.21 bits per heavy atom. The number of rotatable bonds is 5. The van der Waals surface area contributed by atoms with Crippen molar-refractivity contribution < 1.29 is 0 Å². The van der Waals surface area contributed by atoms with Crippen LogP contribution < -0.4 is 10.2 Å². The predicted octanol–water partition coefficient (Wildman–Crippen LogP) is 3.10. The van der Waals surface area contributed by atoms with Crippen LogP contribution in [0.4, 0.5) is 11.8 Å². The van der Waals surface area contributed by atoms with Crippen LogP contribution in [0.3, 0.4) is 0 Å². The highest BCUT2D eigenvalue weighted by molar-refractivity contribution is 5.44. The Bertz CT molecular complexity index is 397. The van der Waals surface area contributed by atoms with E-state index in [2.05, 4.69) is 42.0 Å². The van der Waals surface area contributed by atoms with E-state index in [1.807, 2.05) is 0 Å². The van der Waals surface area contributed by atoms with E-state index in [1.165, 1.54) is 19.3 Å². The molecule has 0 saturated carbocycles. The minimum Gasteiger partial charge on any atom is -0.370 e. The lowest BCUT2D eigenvalue weighted by Crippen LogP contribution is -2.31. The zero-order chi connectivity index (χ0) is 13.7. The number of hydrogen-bond donors (Lipinski definition) is 1. The highest BCUT2D eigenvalue weighted by atomic mass is 15.3. The molecule has 0 unspecified atom stereocenters. The van der Waals surface area contributed by atoms with E-state index in [1.54, 1.807) is 0 Å². The summed E-state index contributed by atoms with van der Waals surface area (Å²) in [5.41, 5.74) is 1.15. The third-order valence-electron chi connectivity index (χ3n) is 3.38. The number of nitrogens with one attached hydrogen (secondary N) is 1. The summed E-state index contributed by atoms with van der Waals surface area (Å²) in [5, 5.41) is 3.32. The fraction of sp³-hybridized carbons (Fsp3) is 0.733. The molecule has 0 aliphatic carbocycles. The van der Waals surface area contributed by atoms with Gasteiger partial charge in [0.05, 0.1) is 0 Å². The molecule has 0 radical (unpaired) electrons. The molecule has 2 heterocycles. The Labute approximate surface area is 116 Å². The fourth-order valence-corrected chi connectivity index (χ4v) is 2.51. The van der Waals surface area contributed by atoms with Gasteiger partial charge in [-0.15, -0.1) is 0 Å². The van der Waals surface area contributed by atoms with Crippen molar-refractivity contribution in [3.8, 4) is 0 Å². The van der Waals surface area contributed by atoms with Crippen LogP contribution >= 0.6 is 0 Å². The molecule has 2 rings (SSSR count). The molecule has 1 aromatic heterocycles. The Morgan fingerprint density at radius 3 is 2.58 bits per heavy atom. The van der Waals surface area contributed by atoms with E-state index >= 15 is 0 Å². The van der Waals surface area contributed by atoms with Gasteiger partial charge in [0.15, 0.2) is 0 Å². The van der Waals surface area contributed by atoms with Gasteiger partial charge in [-0.3, -0.25) is 0 Å². The summed E-state index contributed by atoms with van der Waals surface area (Å²) in [5.74, 6) is 2.50. The predicted molar refractivity (Wildman–Crippen MR) is 80.8 cm³/mol. The second-order valence-electron chi connectivity index (χ2n) is 5.72. The zero-order valence-electron chi connectivity index (χ0n) is 12.4. The van der Waals surface area contributed by atoms with Crippen LogP contribution in [0.15, 0.2) is 6.07 Å². The van der Waals surface area contributed by atoms with E-state index in [9.17, 15) is 0 Å². The summed E-state index contributed by atoms with van der Waals surface area (Å²) in [7, 11) is 0. The molecule has 0 bridgehead atoms. The Hall–Kier alpha value is -1.32. The fourth-order valence-electron chi connectivity index (χ4n) is 2.51. The van der Waals surface area contributed by atoms with Crippen LogP contribution in [-0.4, -0.2) is 29.6 Å². The summed E-state index contributed by atoms with van der Waals surface area (Å²) >= 11 is 0. The van der Waals surface area contributed by atoms with Gasteiger partial charge in [0, 0.05) is 31.4 Å². The molecule has 1 aromatic rings. The van der Waals surface area contributed by atoms with Crippen LogP contribution in [-0.2, 0) is 6.42 Å². The van der Waals surface area contributed by atoms with Crippen LogP contribution in [0, 0.1) is 5.92 Å². The summed E-state index contributed by atoms with van der Waals surface area (Å²) in [6.45, 7) is 9.65. The van der Waals surface area contributed by atoms with Crippen molar-refractivity contribution in [2.45, 2.75) is 46.5 Å². The molecule has 0 atom stereocenters. The third-order valence-corrected chi connectivity index (χ3v) is 3.38. The molecule has 1 fully saturated rings. The van der Waals surface area contributed by atoms with Crippen LogP contribution in [0.1, 0.15) is 45.7 Å². The molecule has 4 nitrogen and oxygen atoms in total. The first kappa shape index (κ1) is 14.1. The molecule has 106 valence electrons. The van der Waals surface area contributed by atoms with Gasteiger partial charge in [-0.25, -0.2) is 4.98 Å². The van der Waals surface area contributed by atoms with Crippen molar-refractivity contribution in [3.05, 3.63) is 11.8 Å². The smallest absolute Gasteiger partial charge is 0.227 e. The average molecular weight is 262 g/mol. The first-order valence-electron chi connectivity index (χ1n) is 7.56. The third kappa shape index (κ3) is 4.08. The molecular formula is C15H26N4. The summed E-state index contributed by atoms with van der Waals surface area (Å²) in [6, 6.07) is 2.09. The summed E-state index contributed by atoms with van der Waals surface area (Å²) < 4.78 is 0. The standard InChI is InChI=1S/C15H26N4/c1-4-16-14-11-13(10-12(2)3)17-15(18-14)19-8-6-5-7-9-19/h11-12H,4-10H2,1-3H3,(H,16,17,18). The largest absolute Gasteiger partial charge is 0.370 e. The van der Waals surface area contributed by atoms with E-state index in [4.69, 9.17) is 4.98 Å². The van der Waals surface area contributed by atoms with Crippen molar-refractivity contribution in [3.63, 3.8) is 0 Å². The van der Waals surface area contributed by atoms with E-state index in [0.29, 0.717) is 5.92 Å². The lowest BCUT2D eigenvalue weighted by Gasteiger charge is -2.27. The first-order chi connectivity index (χ1) is 9.19. The van der Waals surface area contributed by atoms with Gasteiger partial charge >= 0.3 is 0 Å². The number of nitrogens with zero attached hydrogens (tertiary/aromatic N) is 3. The molecule has 19 heavy (non-hydrogen) atoms. The molecule has 0 spiro atoms. The Balaban J connectivity index is 2.21. The minimum absolute atomic E-state index is 0.624. The molecule has 0 aromatic carbocycles. The second-order valence-corrected chi connectivity index (χ2v) is 5.72. The number of aromatic nitrogens is 2. The molecular weight excluding hydrogens is 236 g/mol. The Morgan fingerprint density at radius 2 is 1.95 bits per heavy atom. The van der Waals surface area contributed by atoms with Crippen LogP contribution in [0.25, 0.3) is 0 Å². The topological polar surface area (TPSA) is 41.1 Å². The molecule has 1 aliphatic rings. The molecule has 1 N–H and O–H groups in total. The SMILES string of the molecule is CCNc1cc(CC(C)C)nc(N2CCCCC2)n1. The van der Waals surface area contributed by atoms with Gasteiger partial charge in [-0.05, 0) is 38.5 Å². The van der Waals surface area contributed by atoms with E-state index in [-0.39, 0.29) is 0 Å². The molecule has 4 heteroatoms. The highest BCUT2D eigenvalue weighted by Gasteiger charge is 2.15. The highest BCUT2D eigenvalue weighted by Crippen LogP contribution is 2.20. The van der Waals surface area contributed by atoms with Crippen molar-refractivity contribution in [1.82, 2.24) is 9.97 Å². The Kier molecular flexibility index (Phi) is 5.00. The van der Waals surface area contributed by atoms with Crippen molar-refractivity contribution >= 4 is 11.8 Å². The number of hydrogen-bond acceptors (Lipinski definition) is 4. The van der Waals surface area contributed by atoms with Gasteiger partial charge in [-0.1, -0.05) is 13.8 Å². The van der Waals surface area contributed by atoms with Crippen LogP contribution in [0.2, 0.25) is 0 Å². The first-order valence-corrected chi connectivity index (χ1v) is 7.56. The van der Waals surface area contributed by atoms with Gasteiger partial charge in [0.1, 0.15) is 5.82 Å². The van der Waals surface area contributed by atoms with Gasteiger partial charge in [0.2, 0.25) is 5.95 Å². The lowest BCUT2D eigenvalue weighted by atomic mass is 10.1. The lowest BCUT2D eigenvalue weighted by molar-refractivity contribution is 0.565.